The second-order valence-corrected chi connectivity index (χ2v) is 5.28. The van der Waals surface area contributed by atoms with Crippen LogP contribution in [0.15, 0.2) is 30.3 Å². The SMILES string of the molecule is CN1CCCN(CCc2ccccc2)C(CN)C1. The normalized spacial score (nSPS) is 22.9. The van der Waals surface area contributed by atoms with Gasteiger partial charge in [-0.15, -0.1) is 0 Å². The molecule has 0 amide bonds. The van der Waals surface area contributed by atoms with E-state index in [9.17, 15) is 0 Å². The van der Waals surface area contributed by atoms with Crippen LogP contribution in [0.2, 0.25) is 0 Å². The molecule has 1 aliphatic heterocycles. The maximum atomic E-state index is 5.93. The second kappa shape index (κ2) is 6.88. The zero-order valence-electron chi connectivity index (χ0n) is 11.4. The highest BCUT2D eigenvalue weighted by atomic mass is 15.2. The zero-order chi connectivity index (χ0) is 12.8. The zero-order valence-corrected chi connectivity index (χ0v) is 11.4. The van der Waals surface area contributed by atoms with Crippen molar-refractivity contribution in [3.63, 3.8) is 0 Å². The molecule has 0 radical (unpaired) electrons. The highest BCUT2D eigenvalue weighted by Gasteiger charge is 2.21. The lowest BCUT2D eigenvalue weighted by atomic mass is 10.1. The minimum absolute atomic E-state index is 0.515. The molecule has 2 rings (SSSR count). The van der Waals surface area contributed by atoms with Crippen LogP contribution in [0.4, 0.5) is 0 Å². The van der Waals surface area contributed by atoms with E-state index >= 15 is 0 Å². The van der Waals surface area contributed by atoms with Gasteiger partial charge in [-0.1, -0.05) is 30.3 Å². The van der Waals surface area contributed by atoms with Gasteiger partial charge in [0.1, 0.15) is 0 Å². The molecule has 0 aliphatic carbocycles. The van der Waals surface area contributed by atoms with Crippen molar-refractivity contribution in [2.45, 2.75) is 18.9 Å². The summed E-state index contributed by atoms with van der Waals surface area (Å²) < 4.78 is 0. The molecule has 3 nitrogen and oxygen atoms in total. The highest BCUT2D eigenvalue weighted by Crippen LogP contribution is 2.10. The van der Waals surface area contributed by atoms with Gasteiger partial charge < -0.3 is 10.6 Å². The Morgan fingerprint density at radius 2 is 2.00 bits per heavy atom. The standard InChI is InChI=1S/C15H25N3/c1-17-9-5-10-18(15(12-16)13-17)11-8-14-6-3-2-4-7-14/h2-4,6-7,15H,5,8-13,16H2,1H3. The first kappa shape index (κ1) is 13.5. The third-order valence-corrected chi connectivity index (χ3v) is 3.83. The van der Waals surface area contributed by atoms with E-state index in [1.807, 2.05) is 0 Å². The molecule has 0 aromatic heterocycles. The fourth-order valence-corrected chi connectivity index (χ4v) is 2.73. The Morgan fingerprint density at radius 3 is 2.72 bits per heavy atom. The minimum atomic E-state index is 0.515. The van der Waals surface area contributed by atoms with E-state index in [1.165, 1.54) is 25.1 Å². The Kier molecular flexibility index (Phi) is 5.17. The molecule has 1 unspecified atom stereocenters. The summed E-state index contributed by atoms with van der Waals surface area (Å²) in [5.74, 6) is 0. The molecule has 0 saturated carbocycles. The summed E-state index contributed by atoms with van der Waals surface area (Å²) in [7, 11) is 2.20. The first-order valence-corrected chi connectivity index (χ1v) is 6.96. The van der Waals surface area contributed by atoms with E-state index in [2.05, 4.69) is 47.2 Å². The molecule has 1 saturated heterocycles. The van der Waals surface area contributed by atoms with E-state index in [1.54, 1.807) is 0 Å². The Balaban J connectivity index is 1.90. The van der Waals surface area contributed by atoms with Gasteiger partial charge in [-0.25, -0.2) is 0 Å². The van der Waals surface area contributed by atoms with Crippen molar-refractivity contribution >= 4 is 0 Å². The monoisotopic (exact) mass is 247 g/mol. The van der Waals surface area contributed by atoms with Gasteiger partial charge >= 0.3 is 0 Å². The van der Waals surface area contributed by atoms with Crippen LogP contribution in [0.1, 0.15) is 12.0 Å². The highest BCUT2D eigenvalue weighted by molar-refractivity contribution is 5.14. The molecule has 1 aromatic rings. The first-order valence-electron chi connectivity index (χ1n) is 6.96. The molecule has 0 bridgehead atoms. The van der Waals surface area contributed by atoms with Crippen molar-refractivity contribution in [1.82, 2.24) is 9.80 Å². The van der Waals surface area contributed by atoms with Crippen LogP contribution in [0.5, 0.6) is 0 Å². The average Bonchev–Trinajstić information content (AvgIpc) is 2.59. The van der Waals surface area contributed by atoms with Crippen molar-refractivity contribution in [3.05, 3.63) is 35.9 Å². The summed E-state index contributed by atoms with van der Waals surface area (Å²) in [6.07, 6.45) is 2.38. The maximum Gasteiger partial charge on any atom is 0.0345 e. The molecule has 18 heavy (non-hydrogen) atoms. The van der Waals surface area contributed by atoms with Crippen LogP contribution >= 0.6 is 0 Å². The van der Waals surface area contributed by atoms with E-state index in [0.717, 1.165) is 26.1 Å². The predicted octanol–water partition coefficient (Wildman–Crippen LogP) is 1.19. The molecule has 0 spiro atoms. The Morgan fingerprint density at radius 1 is 1.22 bits per heavy atom. The molecule has 1 atom stereocenters. The van der Waals surface area contributed by atoms with Crippen LogP contribution in [0.25, 0.3) is 0 Å². The minimum Gasteiger partial charge on any atom is -0.329 e. The van der Waals surface area contributed by atoms with E-state index in [4.69, 9.17) is 5.73 Å². The molecule has 3 heteroatoms. The maximum absolute atomic E-state index is 5.93. The summed E-state index contributed by atoms with van der Waals surface area (Å²) >= 11 is 0. The van der Waals surface area contributed by atoms with Crippen molar-refractivity contribution in [2.75, 3.05) is 39.8 Å². The summed E-state index contributed by atoms with van der Waals surface area (Å²) in [5, 5.41) is 0. The first-order chi connectivity index (χ1) is 8.79. The summed E-state index contributed by atoms with van der Waals surface area (Å²) in [6, 6.07) is 11.2. The van der Waals surface area contributed by atoms with Crippen LogP contribution in [-0.4, -0.2) is 55.6 Å². The van der Waals surface area contributed by atoms with Gasteiger partial charge in [-0.3, -0.25) is 4.90 Å². The quantitative estimate of drug-likeness (QED) is 0.867. The second-order valence-electron chi connectivity index (χ2n) is 5.28. The van der Waals surface area contributed by atoms with Crippen molar-refractivity contribution in [2.24, 2.45) is 5.73 Å². The van der Waals surface area contributed by atoms with E-state index < -0.39 is 0 Å². The summed E-state index contributed by atoms with van der Waals surface area (Å²) in [6.45, 7) is 5.36. The summed E-state index contributed by atoms with van der Waals surface area (Å²) in [5.41, 5.74) is 7.35. The lowest BCUT2D eigenvalue weighted by Crippen LogP contribution is -2.45. The molecule has 1 aromatic carbocycles. The molecule has 1 aliphatic rings. The Labute approximate surface area is 111 Å². The van der Waals surface area contributed by atoms with E-state index in [0.29, 0.717) is 6.04 Å². The van der Waals surface area contributed by atoms with Gasteiger partial charge in [-0.2, -0.15) is 0 Å². The van der Waals surface area contributed by atoms with Gasteiger partial charge in [0.05, 0.1) is 0 Å². The van der Waals surface area contributed by atoms with Crippen LogP contribution < -0.4 is 5.73 Å². The van der Waals surface area contributed by atoms with Crippen LogP contribution in [0.3, 0.4) is 0 Å². The molecule has 2 N–H and O–H groups in total. The number of benzene rings is 1. The molecule has 1 heterocycles. The summed E-state index contributed by atoms with van der Waals surface area (Å²) in [4.78, 5) is 4.97. The van der Waals surface area contributed by atoms with Gasteiger partial charge in [-0.05, 0) is 38.5 Å². The lowest BCUT2D eigenvalue weighted by Gasteiger charge is -2.29. The number of hydrogen-bond donors (Lipinski definition) is 1. The van der Waals surface area contributed by atoms with Gasteiger partial charge in [0.15, 0.2) is 0 Å². The smallest absolute Gasteiger partial charge is 0.0345 e. The molecular formula is C15H25N3. The van der Waals surface area contributed by atoms with Crippen molar-refractivity contribution in [3.8, 4) is 0 Å². The van der Waals surface area contributed by atoms with Gasteiger partial charge in [0.2, 0.25) is 0 Å². The van der Waals surface area contributed by atoms with Crippen LogP contribution in [0, 0.1) is 0 Å². The number of rotatable bonds is 4. The Hall–Kier alpha value is -0.900. The van der Waals surface area contributed by atoms with Gasteiger partial charge in [0, 0.05) is 25.7 Å². The van der Waals surface area contributed by atoms with Gasteiger partial charge in [0.25, 0.3) is 0 Å². The van der Waals surface area contributed by atoms with E-state index in [-0.39, 0.29) is 0 Å². The number of likely N-dealkylation sites (N-methyl/N-ethyl adjacent to an activating group) is 1. The van der Waals surface area contributed by atoms with Crippen molar-refractivity contribution in [1.29, 1.82) is 0 Å². The largest absolute Gasteiger partial charge is 0.329 e. The topological polar surface area (TPSA) is 32.5 Å². The number of hydrogen-bond acceptors (Lipinski definition) is 3. The third kappa shape index (κ3) is 3.80. The van der Waals surface area contributed by atoms with Crippen molar-refractivity contribution < 1.29 is 0 Å². The molecule has 1 fully saturated rings. The molecular weight excluding hydrogens is 222 g/mol. The number of nitrogens with two attached hydrogens (primary N) is 1. The molecule has 100 valence electrons. The van der Waals surface area contributed by atoms with Crippen LogP contribution in [-0.2, 0) is 6.42 Å². The number of nitrogens with zero attached hydrogens (tertiary/aromatic N) is 2. The average molecular weight is 247 g/mol. The lowest BCUT2D eigenvalue weighted by molar-refractivity contribution is 0.195. The predicted molar refractivity (Wildman–Crippen MR) is 76.7 cm³/mol. The fraction of sp³-hybridized carbons (Fsp3) is 0.600. The Bertz CT molecular complexity index is 339. The third-order valence-electron chi connectivity index (χ3n) is 3.83. The fourth-order valence-electron chi connectivity index (χ4n) is 2.73.